The van der Waals surface area contributed by atoms with Gasteiger partial charge in [0.15, 0.2) is 0 Å². The van der Waals surface area contributed by atoms with Crippen LogP contribution < -0.4 is 5.32 Å². The summed E-state index contributed by atoms with van der Waals surface area (Å²) in [5.74, 6) is -0.0152. The van der Waals surface area contributed by atoms with E-state index in [0.717, 1.165) is 24.2 Å². The van der Waals surface area contributed by atoms with Crippen molar-refractivity contribution in [3.8, 4) is 0 Å². The smallest absolute Gasteiger partial charge is 0.220 e. The molecule has 1 amide bonds. The van der Waals surface area contributed by atoms with Crippen molar-refractivity contribution >= 4 is 27.3 Å². The largest absolute Gasteiger partial charge is 0.390 e. The van der Waals surface area contributed by atoms with Crippen molar-refractivity contribution in [2.45, 2.75) is 31.9 Å². The third kappa shape index (κ3) is 4.76. The fraction of sp³-hybridized carbons (Fsp3) is 0.364. The van der Waals surface area contributed by atoms with Gasteiger partial charge in [-0.2, -0.15) is 0 Å². The first-order valence-corrected chi connectivity index (χ1v) is 10.6. The molecular formula is C22H25N3O2S. The molecule has 28 heavy (non-hydrogen) atoms. The quantitative estimate of drug-likeness (QED) is 0.646. The summed E-state index contributed by atoms with van der Waals surface area (Å²) in [5, 5.41) is 14.4. The summed E-state index contributed by atoms with van der Waals surface area (Å²) in [7, 11) is 0. The molecule has 1 aliphatic rings. The maximum atomic E-state index is 12.1. The number of aliphatic hydroxyl groups is 1. The number of rotatable bonds is 7. The molecule has 6 heteroatoms. The molecule has 2 aromatic heterocycles. The molecule has 3 aromatic rings. The van der Waals surface area contributed by atoms with Gasteiger partial charge in [0, 0.05) is 49.9 Å². The fourth-order valence-electron chi connectivity index (χ4n) is 3.69. The molecule has 0 saturated heterocycles. The zero-order chi connectivity index (χ0) is 19.3. The number of aliphatic hydroxyl groups excluding tert-OH is 1. The summed E-state index contributed by atoms with van der Waals surface area (Å²) in [4.78, 5) is 19.7. The van der Waals surface area contributed by atoms with Crippen LogP contribution in [0.1, 0.15) is 22.4 Å². The molecule has 1 unspecified atom stereocenters. The van der Waals surface area contributed by atoms with Gasteiger partial charge in [0.1, 0.15) is 0 Å². The molecule has 5 nitrogen and oxygen atoms in total. The molecule has 146 valence electrons. The molecule has 0 aliphatic carbocycles. The number of nitrogens with one attached hydrogen (secondary N) is 1. The SMILES string of the molecule is O=C(CCc1cc2ccncc2s1)NCC(O)CN1CCc2ccccc2C1. The molecule has 1 aromatic carbocycles. The number of β-amino-alcohol motifs (C(OH)–C–C–N with tert-alkyl or cyclic N) is 1. The van der Waals surface area contributed by atoms with Gasteiger partial charge >= 0.3 is 0 Å². The van der Waals surface area contributed by atoms with Crippen LogP contribution >= 0.6 is 11.3 Å². The molecule has 0 fully saturated rings. The summed E-state index contributed by atoms with van der Waals surface area (Å²) in [5.41, 5.74) is 2.74. The summed E-state index contributed by atoms with van der Waals surface area (Å²) in [6.45, 7) is 2.69. The van der Waals surface area contributed by atoms with E-state index in [4.69, 9.17) is 0 Å². The van der Waals surface area contributed by atoms with E-state index in [1.165, 1.54) is 21.4 Å². The van der Waals surface area contributed by atoms with Crippen LogP contribution in [0.15, 0.2) is 48.8 Å². The lowest BCUT2D eigenvalue weighted by Crippen LogP contribution is -2.42. The number of fused-ring (bicyclic) bond motifs is 2. The average molecular weight is 396 g/mol. The van der Waals surface area contributed by atoms with Crippen molar-refractivity contribution in [3.63, 3.8) is 0 Å². The van der Waals surface area contributed by atoms with Gasteiger partial charge in [0.2, 0.25) is 5.91 Å². The van der Waals surface area contributed by atoms with E-state index in [1.54, 1.807) is 17.5 Å². The topological polar surface area (TPSA) is 65.5 Å². The van der Waals surface area contributed by atoms with Crippen LogP contribution in [0, 0.1) is 0 Å². The van der Waals surface area contributed by atoms with Crippen molar-refractivity contribution in [2.75, 3.05) is 19.6 Å². The molecule has 4 rings (SSSR count). The zero-order valence-electron chi connectivity index (χ0n) is 15.8. The minimum atomic E-state index is -0.551. The predicted octanol–water partition coefficient (Wildman–Crippen LogP) is 2.76. The van der Waals surface area contributed by atoms with E-state index in [9.17, 15) is 9.90 Å². The summed E-state index contributed by atoms with van der Waals surface area (Å²) in [6.07, 6.45) is 5.26. The van der Waals surface area contributed by atoms with Crippen LogP contribution in [0.3, 0.4) is 0 Å². The molecule has 1 aliphatic heterocycles. The first-order valence-electron chi connectivity index (χ1n) is 9.74. The molecule has 2 N–H and O–H groups in total. The van der Waals surface area contributed by atoms with Crippen LogP contribution in [-0.2, 0) is 24.2 Å². The molecule has 1 atom stereocenters. The highest BCUT2D eigenvalue weighted by Gasteiger charge is 2.18. The van der Waals surface area contributed by atoms with Crippen LogP contribution in [0.4, 0.5) is 0 Å². The van der Waals surface area contributed by atoms with E-state index < -0.39 is 6.10 Å². The number of benzene rings is 1. The molecule has 0 bridgehead atoms. The van der Waals surface area contributed by atoms with Crippen molar-refractivity contribution in [1.29, 1.82) is 0 Å². The minimum Gasteiger partial charge on any atom is -0.390 e. The molecular weight excluding hydrogens is 370 g/mol. The number of thiophene rings is 1. The van der Waals surface area contributed by atoms with Gasteiger partial charge in [0.25, 0.3) is 0 Å². The van der Waals surface area contributed by atoms with E-state index in [2.05, 4.69) is 45.5 Å². The highest BCUT2D eigenvalue weighted by Crippen LogP contribution is 2.25. The Balaban J connectivity index is 1.19. The molecule has 0 spiro atoms. The monoisotopic (exact) mass is 395 g/mol. The van der Waals surface area contributed by atoms with Gasteiger partial charge in [-0.25, -0.2) is 0 Å². The van der Waals surface area contributed by atoms with E-state index in [0.29, 0.717) is 25.9 Å². The summed E-state index contributed by atoms with van der Waals surface area (Å²) >= 11 is 1.68. The molecule has 0 saturated carbocycles. The van der Waals surface area contributed by atoms with Crippen LogP contribution in [-0.4, -0.2) is 46.6 Å². The number of nitrogens with zero attached hydrogens (tertiary/aromatic N) is 2. The standard InChI is InChI=1S/C22H25N3O2S/c26-19(15-25-10-8-16-3-1-2-4-18(16)14-25)12-24-22(27)6-5-20-11-17-7-9-23-13-21(17)28-20/h1-4,7,9,11,13,19,26H,5-6,8,10,12,14-15H2,(H,24,27). The number of aryl methyl sites for hydroxylation is 1. The highest BCUT2D eigenvalue weighted by molar-refractivity contribution is 7.19. The first-order chi connectivity index (χ1) is 13.7. The van der Waals surface area contributed by atoms with Crippen molar-refractivity contribution in [2.24, 2.45) is 0 Å². The average Bonchev–Trinajstić information content (AvgIpc) is 3.14. The van der Waals surface area contributed by atoms with Crippen LogP contribution in [0.2, 0.25) is 0 Å². The van der Waals surface area contributed by atoms with E-state index >= 15 is 0 Å². The number of carbonyl (C=O) groups is 1. The van der Waals surface area contributed by atoms with Gasteiger partial charge in [-0.15, -0.1) is 11.3 Å². The Labute approximate surface area is 169 Å². The Kier molecular flexibility index (Phi) is 6.00. The lowest BCUT2D eigenvalue weighted by Gasteiger charge is -2.30. The molecule has 0 radical (unpaired) electrons. The Morgan fingerprint density at radius 1 is 1.29 bits per heavy atom. The summed E-state index contributed by atoms with van der Waals surface area (Å²) < 4.78 is 1.15. The Morgan fingerprint density at radius 3 is 3.00 bits per heavy atom. The Morgan fingerprint density at radius 2 is 2.14 bits per heavy atom. The van der Waals surface area contributed by atoms with Gasteiger partial charge in [-0.05, 0) is 41.5 Å². The highest BCUT2D eigenvalue weighted by atomic mass is 32.1. The maximum absolute atomic E-state index is 12.1. The number of aromatic nitrogens is 1. The normalized spacial score (nSPS) is 15.3. The lowest BCUT2D eigenvalue weighted by atomic mass is 10.00. The van der Waals surface area contributed by atoms with Crippen LogP contribution in [0.25, 0.3) is 10.1 Å². The number of hydrogen-bond donors (Lipinski definition) is 2. The van der Waals surface area contributed by atoms with Gasteiger partial charge < -0.3 is 10.4 Å². The summed E-state index contributed by atoms with van der Waals surface area (Å²) in [6, 6.07) is 12.6. The lowest BCUT2D eigenvalue weighted by molar-refractivity contribution is -0.121. The van der Waals surface area contributed by atoms with E-state index in [1.807, 2.05) is 12.3 Å². The van der Waals surface area contributed by atoms with Crippen molar-refractivity contribution < 1.29 is 9.90 Å². The predicted molar refractivity (Wildman–Crippen MR) is 112 cm³/mol. The Bertz CT molecular complexity index is 923. The minimum absolute atomic E-state index is 0.0152. The second-order valence-corrected chi connectivity index (χ2v) is 8.51. The fourth-order valence-corrected chi connectivity index (χ4v) is 4.72. The number of pyridine rings is 1. The van der Waals surface area contributed by atoms with Crippen molar-refractivity contribution in [1.82, 2.24) is 15.2 Å². The third-order valence-electron chi connectivity index (χ3n) is 5.19. The van der Waals surface area contributed by atoms with Gasteiger partial charge in [0.05, 0.1) is 10.8 Å². The first kappa shape index (κ1) is 19.1. The zero-order valence-corrected chi connectivity index (χ0v) is 16.6. The Hall–Kier alpha value is -2.28. The third-order valence-corrected chi connectivity index (χ3v) is 6.33. The second-order valence-electron chi connectivity index (χ2n) is 7.34. The second kappa shape index (κ2) is 8.82. The van der Waals surface area contributed by atoms with Crippen LogP contribution in [0.5, 0.6) is 0 Å². The van der Waals surface area contributed by atoms with Gasteiger partial charge in [-0.3, -0.25) is 14.7 Å². The van der Waals surface area contributed by atoms with Gasteiger partial charge in [-0.1, -0.05) is 24.3 Å². The number of carbonyl (C=O) groups excluding carboxylic acids is 1. The maximum Gasteiger partial charge on any atom is 0.220 e. The van der Waals surface area contributed by atoms with E-state index in [-0.39, 0.29) is 5.91 Å². The molecule has 3 heterocycles. The number of amides is 1. The number of hydrogen-bond acceptors (Lipinski definition) is 5. The van der Waals surface area contributed by atoms with Crippen molar-refractivity contribution in [3.05, 3.63) is 64.8 Å².